The van der Waals surface area contributed by atoms with Crippen LogP contribution < -0.4 is 15.6 Å². The molecule has 1 aliphatic heterocycles. The molecule has 0 radical (unpaired) electrons. The number of halogens is 1. The quantitative estimate of drug-likeness (QED) is 0.386. The van der Waals surface area contributed by atoms with Crippen LogP contribution in [0.1, 0.15) is 15.9 Å². The molecule has 0 bridgehead atoms. The van der Waals surface area contributed by atoms with Gasteiger partial charge in [0.15, 0.2) is 0 Å². The molecule has 2 aromatic carbocycles. The van der Waals surface area contributed by atoms with Crippen molar-refractivity contribution in [2.75, 3.05) is 40.0 Å². The third-order valence-electron chi connectivity index (χ3n) is 6.70. The zero-order chi connectivity index (χ0) is 26.5. The first-order valence-corrected chi connectivity index (χ1v) is 12.5. The molecular formula is C29H29FN4O4. The number of amides is 1. The topological polar surface area (TPSA) is 85.7 Å². The number of pyridine rings is 2. The van der Waals surface area contributed by atoms with Crippen LogP contribution in [0, 0.1) is 5.82 Å². The molecule has 8 nitrogen and oxygen atoms in total. The highest BCUT2D eigenvalue weighted by Crippen LogP contribution is 2.25. The molecule has 9 heteroatoms. The third kappa shape index (κ3) is 5.74. The van der Waals surface area contributed by atoms with Gasteiger partial charge in [0.25, 0.3) is 11.5 Å². The van der Waals surface area contributed by atoms with Crippen molar-refractivity contribution >= 4 is 16.9 Å². The van der Waals surface area contributed by atoms with E-state index in [0.29, 0.717) is 37.3 Å². The predicted molar refractivity (Wildman–Crippen MR) is 143 cm³/mol. The van der Waals surface area contributed by atoms with Crippen molar-refractivity contribution in [1.82, 2.24) is 19.8 Å². The number of ether oxygens (including phenoxy) is 2. The number of rotatable bonds is 8. The monoisotopic (exact) mass is 516 g/mol. The third-order valence-corrected chi connectivity index (χ3v) is 6.70. The number of methoxy groups -OCH3 is 1. The van der Waals surface area contributed by atoms with Crippen LogP contribution in [0.2, 0.25) is 0 Å². The van der Waals surface area contributed by atoms with E-state index >= 15 is 0 Å². The molecule has 0 saturated carbocycles. The average Bonchev–Trinajstić information content (AvgIpc) is 2.96. The summed E-state index contributed by atoms with van der Waals surface area (Å²) < 4.78 is 25.5. The molecule has 38 heavy (non-hydrogen) atoms. The summed E-state index contributed by atoms with van der Waals surface area (Å²) in [5.41, 5.74) is 2.69. The molecule has 0 atom stereocenters. The van der Waals surface area contributed by atoms with E-state index in [4.69, 9.17) is 9.47 Å². The lowest BCUT2D eigenvalue weighted by Crippen LogP contribution is -2.40. The number of carbonyl (C=O) groups excluding carboxylic acids is 1. The summed E-state index contributed by atoms with van der Waals surface area (Å²) >= 11 is 0. The van der Waals surface area contributed by atoms with Gasteiger partial charge in [0.1, 0.15) is 22.8 Å². The van der Waals surface area contributed by atoms with Gasteiger partial charge in [0.05, 0.1) is 20.3 Å². The van der Waals surface area contributed by atoms with E-state index in [1.165, 1.54) is 12.1 Å². The fraction of sp³-hybridized carbons (Fsp3) is 0.276. The van der Waals surface area contributed by atoms with Crippen LogP contribution >= 0.6 is 0 Å². The molecule has 3 heterocycles. The molecule has 1 fully saturated rings. The summed E-state index contributed by atoms with van der Waals surface area (Å²) in [6, 6.07) is 17.0. The first kappa shape index (κ1) is 25.6. The van der Waals surface area contributed by atoms with Crippen LogP contribution in [0.4, 0.5) is 4.39 Å². The minimum atomic E-state index is -0.490. The SMILES string of the molecule is COc1ccc(-c2cnc3c(c2)cc(C(=O)NCc2ccc(F)cc2)c(=O)n3CCN2CCOCC2)cc1. The van der Waals surface area contributed by atoms with Crippen LogP contribution in [0.15, 0.2) is 71.7 Å². The summed E-state index contributed by atoms with van der Waals surface area (Å²) in [5, 5.41) is 3.48. The van der Waals surface area contributed by atoms with Crippen LogP contribution in [0.25, 0.3) is 22.2 Å². The number of morpholine rings is 1. The first-order valence-electron chi connectivity index (χ1n) is 12.5. The second-order valence-electron chi connectivity index (χ2n) is 9.14. The smallest absolute Gasteiger partial charge is 0.265 e. The van der Waals surface area contributed by atoms with Crippen molar-refractivity contribution in [3.63, 3.8) is 0 Å². The fourth-order valence-corrected chi connectivity index (χ4v) is 4.52. The van der Waals surface area contributed by atoms with Crippen molar-refractivity contribution in [3.8, 4) is 16.9 Å². The normalized spacial score (nSPS) is 13.9. The molecule has 0 spiro atoms. The van der Waals surface area contributed by atoms with Crippen LogP contribution in [0.5, 0.6) is 5.75 Å². The number of aromatic nitrogens is 2. The van der Waals surface area contributed by atoms with E-state index in [-0.39, 0.29) is 17.9 Å². The number of nitrogens with one attached hydrogen (secondary N) is 1. The molecule has 1 aliphatic rings. The Hall–Kier alpha value is -4.08. The second kappa shape index (κ2) is 11.5. The maximum atomic E-state index is 13.5. The molecule has 0 unspecified atom stereocenters. The van der Waals surface area contributed by atoms with Gasteiger partial charge in [-0.15, -0.1) is 0 Å². The number of fused-ring (bicyclic) bond motifs is 1. The summed E-state index contributed by atoms with van der Waals surface area (Å²) in [7, 11) is 1.62. The first-order chi connectivity index (χ1) is 18.5. The zero-order valence-electron chi connectivity index (χ0n) is 21.2. The number of hydrogen-bond acceptors (Lipinski definition) is 6. The largest absolute Gasteiger partial charge is 0.497 e. The lowest BCUT2D eigenvalue weighted by Gasteiger charge is -2.27. The van der Waals surface area contributed by atoms with Crippen molar-refractivity contribution in [3.05, 3.63) is 94.2 Å². The molecule has 1 N–H and O–H groups in total. The molecule has 196 valence electrons. The van der Waals surface area contributed by atoms with Gasteiger partial charge < -0.3 is 14.8 Å². The van der Waals surface area contributed by atoms with Crippen molar-refractivity contribution < 1.29 is 18.7 Å². The number of nitrogens with zero attached hydrogens (tertiary/aromatic N) is 3. The average molecular weight is 517 g/mol. The molecule has 0 aliphatic carbocycles. The summed E-state index contributed by atoms with van der Waals surface area (Å²) in [4.78, 5) is 33.6. The number of carbonyl (C=O) groups is 1. The van der Waals surface area contributed by atoms with Crippen molar-refractivity contribution in [1.29, 1.82) is 0 Å². The Balaban J connectivity index is 1.49. The molecule has 1 amide bonds. The van der Waals surface area contributed by atoms with Gasteiger partial charge in [-0.05, 0) is 47.5 Å². The van der Waals surface area contributed by atoms with Gasteiger partial charge in [-0.3, -0.25) is 19.1 Å². The van der Waals surface area contributed by atoms with E-state index in [1.54, 1.807) is 36.1 Å². The fourth-order valence-electron chi connectivity index (χ4n) is 4.52. The summed E-state index contributed by atoms with van der Waals surface area (Å²) in [6.45, 7) is 4.10. The maximum Gasteiger partial charge on any atom is 0.265 e. The van der Waals surface area contributed by atoms with Crippen LogP contribution in [0.3, 0.4) is 0 Å². The Kier molecular flexibility index (Phi) is 7.76. The molecule has 1 saturated heterocycles. The predicted octanol–water partition coefficient (Wildman–Crippen LogP) is 3.47. The Bertz CT molecular complexity index is 1480. The highest BCUT2D eigenvalue weighted by molar-refractivity contribution is 5.97. The standard InChI is InChI=1S/C29H29FN4O4/c1-37-25-8-4-21(5-9-25)23-16-22-17-26(28(35)32-18-20-2-6-24(30)7-3-20)29(36)34(27(22)31-19-23)11-10-33-12-14-38-15-13-33/h2-9,16-17,19H,10-15,18H2,1H3,(H,32,35). The van der Waals surface area contributed by atoms with Gasteiger partial charge >= 0.3 is 0 Å². The van der Waals surface area contributed by atoms with E-state index in [2.05, 4.69) is 15.2 Å². The molecule has 4 aromatic rings. The molecule has 5 rings (SSSR count). The highest BCUT2D eigenvalue weighted by Gasteiger charge is 2.18. The maximum absolute atomic E-state index is 13.5. The second-order valence-corrected chi connectivity index (χ2v) is 9.14. The lowest BCUT2D eigenvalue weighted by atomic mass is 10.1. The van der Waals surface area contributed by atoms with E-state index in [1.807, 2.05) is 30.3 Å². The summed E-state index contributed by atoms with van der Waals surface area (Å²) in [6.07, 6.45) is 1.74. The number of benzene rings is 2. The van der Waals surface area contributed by atoms with Gasteiger partial charge in [0.2, 0.25) is 0 Å². The van der Waals surface area contributed by atoms with Gasteiger partial charge in [-0.1, -0.05) is 24.3 Å². The minimum Gasteiger partial charge on any atom is -0.497 e. The Morgan fingerprint density at radius 3 is 2.47 bits per heavy atom. The molecular weight excluding hydrogens is 487 g/mol. The number of hydrogen-bond donors (Lipinski definition) is 1. The van der Waals surface area contributed by atoms with Crippen LogP contribution in [-0.2, 0) is 17.8 Å². The Morgan fingerprint density at radius 1 is 1.03 bits per heavy atom. The van der Waals surface area contributed by atoms with Gasteiger partial charge in [0, 0.05) is 49.9 Å². The van der Waals surface area contributed by atoms with Crippen molar-refractivity contribution in [2.24, 2.45) is 0 Å². The Morgan fingerprint density at radius 2 is 1.76 bits per heavy atom. The van der Waals surface area contributed by atoms with Crippen LogP contribution in [-0.4, -0.2) is 60.3 Å². The van der Waals surface area contributed by atoms with Gasteiger partial charge in [-0.25, -0.2) is 9.37 Å². The van der Waals surface area contributed by atoms with E-state index in [9.17, 15) is 14.0 Å². The lowest BCUT2D eigenvalue weighted by molar-refractivity contribution is 0.0364. The van der Waals surface area contributed by atoms with E-state index in [0.717, 1.165) is 35.5 Å². The van der Waals surface area contributed by atoms with Crippen molar-refractivity contribution in [2.45, 2.75) is 13.1 Å². The minimum absolute atomic E-state index is 0.0373. The highest BCUT2D eigenvalue weighted by atomic mass is 19.1. The summed E-state index contributed by atoms with van der Waals surface area (Å²) in [5.74, 6) is -0.0892. The zero-order valence-corrected chi connectivity index (χ0v) is 21.2. The molecule has 2 aromatic heterocycles. The van der Waals surface area contributed by atoms with E-state index < -0.39 is 11.5 Å². The Labute approximate surface area is 219 Å². The van der Waals surface area contributed by atoms with Gasteiger partial charge in [-0.2, -0.15) is 0 Å².